The Balaban J connectivity index is 1.90. The minimum atomic E-state index is -3.41. The van der Waals surface area contributed by atoms with Gasteiger partial charge >= 0.3 is 0 Å². The summed E-state index contributed by atoms with van der Waals surface area (Å²) in [6, 6.07) is 13.5. The minimum Gasteiger partial charge on any atom is -0.354 e. The van der Waals surface area contributed by atoms with Gasteiger partial charge in [0.1, 0.15) is 5.82 Å². The molecule has 0 spiro atoms. The van der Waals surface area contributed by atoms with Crippen LogP contribution in [0.2, 0.25) is 0 Å². The van der Waals surface area contributed by atoms with Crippen LogP contribution >= 0.6 is 0 Å². The Hall–Kier alpha value is -2.25. The third kappa shape index (κ3) is 6.57. The van der Waals surface area contributed by atoms with Gasteiger partial charge in [-0.2, -0.15) is 4.31 Å². The fourth-order valence-electron chi connectivity index (χ4n) is 2.59. The van der Waals surface area contributed by atoms with Gasteiger partial charge in [0.15, 0.2) is 0 Å². The molecule has 0 radical (unpaired) electrons. The first-order chi connectivity index (χ1) is 12.2. The van der Waals surface area contributed by atoms with Crippen LogP contribution in [0.25, 0.3) is 0 Å². The van der Waals surface area contributed by atoms with Gasteiger partial charge in [0.05, 0.1) is 12.7 Å². The highest BCUT2D eigenvalue weighted by molar-refractivity contribution is 7.88. The standard InChI is InChI=1S/C19H23FN2O3S/c1-15-5-3-7-17(11-15)14-22(26(2,24)25)10-9-21-19(23)13-16-6-4-8-18(20)12-16/h3-8,11-12H,9-10,13-14H2,1-2H3,(H,21,23). The largest absolute Gasteiger partial charge is 0.354 e. The molecule has 0 saturated heterocycles. The molecule has 0 aliphatic rings. The van der Waals surface area contributed by atoms with Crippen molar-refractivity contribution in [3.8, 4) is 0 Å². The van der Waals surface area contributed by atoms with Crippen LogP contribution in [-0.2, 0) is 27.8 Å². The van der Waals surface area contributed by atoms with Crippen molar-refractivity contribution in [2.24, 2.45) is 0 Å². The number of rotatable bonds is 8. The number of hydrogen-bond donors (Lipinski definition) is 1. The number of carbonyl (C=O) groups is 1. The van der Waals surface area contributed by atoms with Crippen molar-refractivity contribution in [1.29, 1.82) is 0 Å². The molecule has 0 unspecified atom stereocenters. The molecule has 0 atom stereocenters. The van der Waals surface area contributed by atoms with Gasteiger partial charge in [-0.1, -0.05) is 42.0 Å². The second kappa shape index (κ2) is 8.91. The van der Waals surface area contributed by atoms with Gasteiger partial charge in [-0.25, -0.2) is 12.8 Å². The van der Waals surface area contributed by atoms with Gasteiger partial charge in [-0.05, 0) is 30.2 Å². The van der Waals surface area contributed by atoms with E-state index in [0.717, 1.165) is 17.4 Å². The number of halogens is 1. The summed E-state index contributed by atoms with van der Waals surface area (Å²) in [5.74, 6) is -0.670. The molecule has 0 aromatic heterocycles. The van der Waals surface area contributed by atoms with Gasteiger partial charge in [-0.15, -0.1) is 0 Å². The van der Waals surface area contributed by atoms with Crippen LogP contribution < -0.4 is 5.32 Å². The average Bonchev–Trinajstić information content (AvgIpc) is 2.53. The van der Waals surface area contributed by atoms with E-state index in [1.165, 1.54) is 16.4 Å². The lowest BCUT2D eigenvalue weighted by molar-refractivity contribution is -0.120. The molecule has 0 aliphatic heterocycles. The molecule has 2 rings (SSSR count). The maximum Gasteiger partial charge on any atom is 0.224 e. The zero-order valence-electron chi connectivity index (χ0n) is 14.9. The normalized spacial score (nSPS) is 11.5. The van der Waals surface area contributed by atoms with Crippen LogP contribution in [-0.4, -0.2) is 38.0 Å². The zero-order chi connectivity index (χ0) is 19.2. The number of aryl methyl sites for hydroxylation is 1. The van der Waals surface area contributed by atoms with E-state index < -0.39 is 15.8 Å². The van der Waals surface area contributed by atoms with Crippen molar-refractivity contribution >= 4 is 15.9 Å². The lowest BCUT2D eigenvalue weighted by atomic mass is 10.1. The van der Waals surface area contributed by atoms with Crippen molar-refractivity contribution in [3.05, 3.63) is 71.0 Å². The second-order valence-electron chi connectivity index (χ2n) is 6.24. The molecule has 1 amide bonds. The number of benzene rings is 2. The van der Waals surface area contributed by atoms with Crippen molar-refractivity contribution in [2.75, 3.05) is 19.3 Å². The predicted molar refractivity (Wildman–Crippen MR) is 99.5 cm³/mol. The fraction of sp³-hybridized carbons (Fsp3) is 0.316. The molecule has 1 N–H and O–H groups in total. The van der Waals surface area contributed by atoms with Crippen LogP contribution in [0.15, 0.2) is 48.5 Å². The van der Waals surface area contributed by atoms with Crippen LogP contribution in [0.4, 0.5) is 4.39 Å². The summed E-state index contributed by atoms with van der Waals surface area (Å²) in [6.45, 7) is 2.55. The summed E-state index contributed by atoms with van der Waals surface area (Å²) in [5.41, 5.74) is 2.52. The molecule has 26 heavy (non-hydrogen) atoms. The molecular formula is C19H23FN2O3S. The van der Waals surface area contributed by atoms with E-state index in [0.29, 0.717) is 5.56 Å². The second-order valence-corrected chi connectivity index (χ2v) is 8.22. The summed E-state index contributed by atoms with van der Waals surface area (Å²) in [5, 5.41) is 2.68. The van der Waals surface area contributed by atoms with E-state index in [1.54, 1.807) is 12.1 Å². The van der Waals surface area contributed by atoms with Crippen LogP contribution in [0, 0.1) is 12.7 Å². The summed E-state index contributed by atoms with van der Waals surface area (Å²) < 4.78 is 38.5. The molecule has 0 heterocycles. The number of sulfonamides is 1. The van der Waals surface area contributed by atoms with Gasteiger partial charge in [0.25, 0.3) is 0 Å². The Morgan fingerprint density at radius 3 is 2.46 bits per heavy atom. The van der Waals surface area contributed by atoms with E-state index in [4.69, 9.17) is 0 Å². The van der Waals surface area contributed by atoms with E-state index >= 15 is 0 Å². The average molecular weight is 378 g/mol. The molecule has 2 aromatic carbocycles. The highest BCUT2D eigenvalue weighted by Crippen LogP contribution is 2.10. The number of amides is 1. The quantitative estimate of drug-likeness (QED) is 0.766. The maximum absolute atomic E-state index is 13.1. The summed E-state index contributed by atoms with van der Waals surface area (Å²) in [7, 11) is -3.41. The van der Waals surface area contributed by atoms with Crippen LogP contribution in [0.3, 0.4) is 0 Å². The van der Waals surface area contributed by atoms with Crippen molar-refractivity contribution < 1.29 is 17.6 Å². The van der Waals surface area contributed by atoms with Crippen molar-refractivity contribution in [1.82, 2.24) is 9.62 Å². The Kier molecular flexibility index (Phi) is 6.88. The molecule has 140 valence electrons. The van der Waals surface area contributed by atoms with E-state index in [9.17, 15) is 17.6 Å². The number of hydrogen-bond acceptors (Lipinski definition) is 3. The van der Waals surface area contributed by atoms with Gasteiger partial charge < -0.3 is 5.32 Å². The van der Waals surface area contributed by atoms with E-state index in [2.05, 4.69) is 5.32 Å². The Labute approximate surface area is 153 Å². The fourth-order valence-corrected chi connectivity index (χ4v) is 3.40. The van der Waals surface area contributed by atoms with Crippen molar-refractivity contribution in [2.45, 2.75) is 19.9 Å². The van der Waals surface area contributed by atoms with Gasteiger partial charge in [0.2, 0.25) is 15.9 Å². The van der Waals surface area contributed by atoms with Gasteiger partial charge in [0, 0.05) is 19.6 Å². The highest BCUT2D eigenvalue weighted by atomic mass is 32.2. The number of nitrogens with zero attached hydrogens (tertiary/aromatic N) is 1. The molecule has 0 aliphatic carbocycles. The van der Waals surface area contributed by atoms with Crippen LogP contribution in [0.5, 0.6) is 0 Å². The SMILES string of the molecule is Cc1cccc(CN(CCNC(=O)Cc2cccc(F)c2)S(C)(=O)=O)c1. The van der Waals surface area contributed by atoms with Crippen molar-refractivity contribution in [3.63, 3.8) is 0 Å². The maximum atomic E-state index is 13.1. The summed E-state index contributed by atoms with van der Waals surface area (Å²) in [6.07, 6.45) is 1.20. The molecule has 0 fully saturated rings. The van der Waals surface area contributed by atoms with E-state index in [-0.39, 0.29) is 32.0 Å². The summed E-state index contributed by atoms with van der Waals surface area (Å²) in [4.78, 5) is 12.0. The van der Waals surface area contributed by atoms with Crippen LogP contribution in [0.1, 0.15) is 16.7 Å². The highest BCUT2D eigenvalue weighted by Gasteiger charge is 2.17. The smallest absolute Gasteiger partial charge is 0.224 e. The first kappa shape index (κ1) is 20.1. The Morgan fingerprint density at radius 2 is 1.81 bits per heavy atom. The first-order valence-corrected chi connectivity index (χ1v) is 10.1. The van der Waals surface area contributed by atoms with E-state index in [1.807, 2.05) is 31.2 Å². The first-order valence-electron chi connectivity index (χ1n) is 8.26. The van der Waals surface area contributed by atoms with Gasteiger partial charge in [-0.3, -0.25) is 4.79 Å². The Bertz CT molecular complexity index is 869. The lowest BCUT2D eigenvalue weighted by Gasteiger charge is -2.20. The Morgan fingerprint density at radius 1 is 1.12 bits per heavy atom. The molecule has 0 bridgehead atoms. The lowest BCUT2D eigenvalue weighted by Crippen LogP contribution is -2.38. The minimum absolute atomic E-state index is 0.0501. The topological polar surface area (TPSA) is 66.5 Å². The molecule has 0 saturated carbocycles. The number of nitrogens with one attached hydrogen (secondary N) is 1. The third-order valence-electron chi connectivity index (χ3n) is 3.85. The monoisotopic (exact) mass is 378 g/mol. The molecule has 5 nitrogen and oxygen atoms in total. The number of carbonyl (C=O) groups excluding carboxylic acids is 1. The molecular weight excluding hydrogens is 355 g/mol. The summed E-state index contributed by atoms with van der Waals surface area (Å²) >= 11 is 0. The zero-order valence-corrected chi connectivity index (χ0v) is 15.7. The predicted octanol–water partition coefficient (Wildman–Crippen LogP) is 2.25. The third-order valence-corrected chi connectivity index (χ3v) is 5.10. The molecule has 7 heteroatoms. The molecule has 2 aromatic rings.